The van der Waals surface area contributed by atoms with E-state index in [9.17, 15) is 5.11 Å². The summed E-state index contributed by atoms with van der Waals surface area (Å²) in [6.45, 7) is 4.62. The third kappa shape index (κ3) is 4.43. The summed E-state index contributed by atoms with van der Waals surface area (Å²) in [5.41, 5.74) is 2.67. The van der Waals surface area contributed by atoms with Gasteiger partial charge in [0.2, 0.25) is 0 Å². The lowest BCUT2D eigenvalue weighted by Gasteiger charge is -2.31. The number of aromatic hydroxyl groups is 1. The van der Waals surface area contributed by atoms with Crippen LogP contribution in [0.15, 0.2) is 18.2 Å². The first-order chi connectivity index (χ1) is 9.81. The number of fused-ring (bicyclic) bond motifs is 1. The molecule has 1 aliphatic heterocycles. The van der Waals surface area contributed by atoms with Crippen molar-refractivity contribution in [1.82, 2.24) is 0 Å². The van der Waals surface area contributed by atoms with Crippen molar-refractivity contribution in [3.8, 4) is 5.75 Å². The molecular formula is C18H29NO. The lowest BCUT2D eigenvalue weighted by atomic mass is 10.0. The summed E-state index contributed by atoms with van der Waals surface area (Å²) >= 11 is 0. The minimum Gasteiger partial charge on any atom is -0.508 e. The molecule has 0 aromatic heterocycles. The first kappa shape index (κ1) is 15.2. The fourth-order valence-corrected chi connectivity index (χ4v) is 3.15. The van der Waals surface area contributed by atoms with E-state index in [1.807, 2.05) is 12.1 Å². The van der Waals surface area contributed by atoms with E-state index in [4.69, 9.17) is 0 Å². The Bertz CT molecular complexity index is 402. The van der Waals surface area contributed by atoms with Crippen LogP contribution < -0.4 is 4.90 Å². The van der Waals surface area contributed by atoms with Crippen LogP contribution in [0.2, 0.25) is 0 Å². The quantitative estimate of drug-likeness (QED) is 0.682. The van der Waals surface area contributed by atoms with Crippen LogP contribution in [0.25, 0.3) is 0 Å². The highest BCUT2D eigenvalue weighted by Gasteiger charge is 2.16. The van der Waals surface area contributed by atoms with Crippen LogP contribution in [-0.2, 0) is 6.42 Å². The van der Waals surface area contributed by atoms with Gasteiger partial charge < -0.3 is 10.0 Å². The summed E-state index contributed by atoms with van der Waals surface area (Å²) in [7, 11) is 0. The van der Waals surface area contributed by atoms with Gasteiger partial charge >= 0.3 is 0 Å². The second-order valence-electron chi connectivity index (χ2n) is 6.02. The van der Waals surface area contributed by atoms with Crippen molar-refractivity contribution in [3.63, 3.8) is 0 Å². The number of phenolic OH excluding ortho intramolecular Hbond substituents is 1. The predicted molar refractivity (Wildman–Crippen MR) is 86.6 cm³/mol. The molecule has 0 fully saturated rings. The molecule has 0 saturated carbocycles. The fraction of sp³-hybridized carbons (Fsp3) is 0.667. The molecule has 2 nitrogen and oxygen atoms in total. The van der Waals surface area contributed by atoms with E-state index < -0.39 is 0 Å². The van der Waals surface area contributed by atoms with Crippen molar-refractivity contribution in [2.75, 3.05) is 18.0 Å². The Morgan fingerprint density at radius 2 is 1.80 bits per heavy atom. The van der Waals surface area contributed by atoms with Crippen molar-refractivity contribution in [3.05, 3.63) is 23.8 Å². The SMILES string of the molecule is CCCCCCCCCN1CCCc2cc(O)ccc21. The van der Waals surface area contributed by atoms with Gasteiger partial charge in [0.1, 0.15) is 5.75 Å². The van der Waals surface area contributed by atoms with Gasteiger partial charge in [-0.25, -0.2) is 0 Å². The number of aryl methyl sites for hydroxylation is 1. The second kappa shape index (κ2) is 8.18. The number of hydrogen-bond acceptors (Lipinski definition) is 2. The molecule has 1 aliphatic rings. The summed E-state index contributed by atoms with van der Waals surface area (Å²) in [6, 6.07) is 5.85. The molecule has 0 radical (unpaired) electrons. The molecule has 0 amide bonds. The second-order valence-corrected chi connectivity index (χ2v) is 6.02. The number of rotatable bonds is 8. The molecule has 2 rings (SSSR count). The van der Waals surface area contributed by atoms with Gasteiger partial charge in [-0.2, -0.15) is 0 Å². The van der Waals surface area contributed by atoms with Gasteiger partial charge in [0.15, 0.2) is 0 Å². The van der Waals surface area contributed by atoms with Gasteiger partial charge in [0, 0.05) is 18.8 Å². The van der Waals surface area contributed by atoms with Gasteiger partial charge in [0.05, 0.1) is 0 Å². The van der Waals surface area contributed by atoms with Crippen molar-refractivity contribution >= 4 is 5.69 Å². The van der Waals surface area contributed by atoms with E-state index in [1.165, 1.54) is 75.7 Å². The van der Waals surface area contributed by atoms with Crippen LogP contribution in [0.3, 0.4) is 0 Å². The van der Waals surface area contributed by atoms with Crippen molar-refractivity contribution in [1.29, 1.82) is 0 Å². The minimum absolute atomic E-state index is 0.404. The highest BCUT2D eigenvalue weighted by molar-refractivity contribution is 5.57. The van der Waals surface area contributed by atoms with Crippen LogP contribution in [0, 0.1) is 0 Å². The van der Waals surface area contributed by atoms with Gasteiger partial charge in [-0.1, -0.05) is 45.4 Å². The highest BCUT2D eigenvalue weighted by atomic mass is 16.3. The van der Waals surface area contributed by atoms with E-state index in [1.54, 1.807) is 0 Å². The molecular weight excluding hydrogens is 246 g/mol. The van der Waals surface area contributed by atoms with Gasteiger partial charge in [0.25, 0.3) is 0 Å². The smallest absolute Gasteiger partial charge is 0.116 e. The van der Waals surface area contributed by atoms with E-state index in [0.717, 1.165) is 6.42 Å². The maximum Gasteiger partial charge on any atom is 0.116 e. The first-order valence-electron chi connectivity index (χ1n) is 8.38. The molecule has 1 heterocycles. The van der Waals surface area contributed by atoms with Gasteiger partial charge in [-0.15, -0.1) is 0 Å². The van der Waals surface area contributed by atoms with E-state index >= 15 is 0 Å². The van der Waals surface area contributed by atoms with Crippen molar-refractivity contribution in [2.24, 2.45) is 0 Å². The summed E-state index contributed by atoms with van der Waals surface area (Å²) in [6.07, 6.45) is 11.9. The summed E-state index contributed by atoms with van der Waals surface area (Å²) in [5.74, 6) is 0.404. The minimum atomic E-state index is 0.404. The molecule has 1 N–H and O–H groups in total. The molecule has 20 heavy (non-hydrogen) atoms. The fourth-order valence-electron chi connectivity index (χ4n) is 3.15. The van der Waals surface area contributed by atoms with Crippen molar-refractivity contribution < 1.29 is 5.11 Å². The molecule has 0 atom stereocenters. The summed E-state index contributed by atoms with van der Waals surface area (Å²) < 4.78 is 0. The summed E-state index contributed by atoms with van der Waals surface area (Å²) in [5, 5.41) is 9.57. The Morgan fingerprint density at radius 1 is 1.05 bits per heavy atom. The third-order valence-corrected chi connectivity index (χ3v) is 4.31. The number of anilines is 1. The highest BCUT2D eigenvalue weighted by Crippen LogP contribution is 2.30. The monoisotopic (exact) mass is 275 g/mol. The molecule has 0 unspecified atom stereocenters. The molecule has 0 saturated heterocycles. The molecule has 1 aromatic rings. The zero-order valence-electron chi connectivity index (χ0n) is 12.9. The lowest BCUT2D eigenvalue weighted by molar-refractivity contribution is 0.473. The topological polar surface area (TPSA) is 23.5 Å². The third-order valence-electron chi connectivity index (χ3n) is 4.31. The lowest BCUT2D eigenvalue weighted by Crippen LogP contribution is -2.30. The molecule has 112 valence electrons. The Hall–Kier alpha value is -1.18. The van der Waals surface area contributed by atoms with Crippen LogP contribution in [0.5, 0.6) is 5.75 Å². The molecule has 0 spiro atoms. The first-order valence-corrected chi connectivity index (χ1v) is 8.38. The zero-order valence-corrected chi connectivity index (χ0v) is 12.9. The Morgan fingerprint density at radius 3 is 2.60 bits per heavy atom. The number of unbranched alkanes of at least 4 members (excludes halogenated alkanes) is 6. The molecule has 0 bridgehead atoms. The maximum absolute atomic E-state index is 9.57. The van der Waals surface area contributed by atoms with Gasteiger partial charge in [-0.05, 0) is 43.0 Å². The average Bonchev–Trinajstić information content (AvgIpc) is 2.46. The Balaban J connectivity index is 1.72. The van der Waals surface area contributed by atoms with Crippen molar-refractivity contribution in [2.45, 2.75) is 64.7 Å². The van der Waals surface area contributed by atoms with E-state index in [0.29, 0.717) is 5.75 Å². The average molecular weight is 275 g/mol. The number of phenols is 1. The Labute approximate surface area is 123 Å². The van der Waals surface area contributed by atoms with Crippen LogP contribution in [0.4, 0.5) is 5.69 Å². The van der Waals surface area contributed by atoms with Crippen LogP contribution >= 0.6 is 0 Å². The Kier molecular flexibility index (Phi) is 6.23. The maximum atomic E-state index is 9.57. The standard InChI is InChI=1S/C18H29NO/c1-2-3-4-5-6-7-8-13-19-14-9-10-16-15-17(20)11-12-18(16)19/h11-12,15,20H,2-10,13-14H2,1H3. The zero-order chi connectivity index (χ0) is 14.2. The molecule has 0 aliphatic carbocycles. The number of hydrogen-bond donors (Lipinski definition) is 1. The predicted octanol–water partition coefficient (Wildman–Crippen LogP) is 4.90. The molecule has 2 heteroatoms. The number of benzene rings is 1. The van der Waals surface area contributed by atoms with E-state index in [-0.39, 0.29) is 0 Å². The van der Waals surface area contributed by atoms with Crippen LogP contribution in [-0.4, -0.2) is 18.2 Å². The van der Waals surface area contributed by atoms with Crippen LogP contribution in [0.1, 0.15) is 63.9 Å². The normalized spacial score (nSPS) is 14.3. The summed E-state index contributed by atoms with van der Waals surface area (Å²) in [4.78, 5) is 2.50. The van der Waals surface area contributed by atoms with E-state index in [2.05, 4.69) is 17.9 Å². The molecule has 1 aromatic carbocycles. The largest absolute Gasteiger partial charge is 0.508 e. The van der Waals surface area contributed by atoms with Gasteiger partial charge in [-0.3, -0.25) is 0 Å². The number of nitrogens with zero attached hydrogens (tertiary/aromatic N) is 1.